The molecule has 1 fully saturated rings. The predicted octanol–water partition coefficient (Wildman–Crippen LogP) is 3.84. The Labute approximate surface area is 124 Å². The predicted molar refractivity (Wildman–Crippen MR) is 88.2 cm³/mol. The fraction of sp³-hybridized carbons (Fsp3) is 0.667. The number of rotatable bonds is 5. The summed E-state index contributed by atoms with van der Waals surface area (Å²) in [6, 6.07) is 9.34. The molecule has 112 valence electrons. The first-order valence-electron chi connectivity index (χ1n) is 8.19. The lowest BCUT2D eigenvalue weighted by molar-refractivity contribution is 0.232. The number of aryl methyl sites for hydroxylation is 1. The van der Waals surface area contributed by atoms with Crippen molar-refractivity contribution in [1.29, 1.82) is 0 Å². The molecule has 1 aromatic rings. The minimum Gasteiger partial charge on any atom is -0.374 e. The Balaban J connectivity index is 1.96. The Kier molecular flexibility index (Phi) is 5.47. The van der Waals surface area contributed by atoms with E-state index in [-0.39, 0.29) is 0 Å². The third-order valence-electron chi connectivity index (χ3n) is 5.02. The smallest absolute Gasteiger partial charge is 0.0363 e. The first kappa shape index (κ1) is 15.4. The number of anilines is 1. The molecule has 1 aliphatic carbocycles. The Morgan fingerprint density at radius 2 is 1.85 bits per heavy atom. The highest BCUT2D eigenvalue weighted by Gasteiger charge is 2.28. The highest BCUT2D eigenvalue weighted by atomic mass is 15.1. The van der Waals surface area contributed by atoms with E-state index in [9.17, 15) is 0 Å². The van der Waals surface area contributed by atoms with Gasteiger partial charge >= 0.3 is 0 Å². The van der Waals surface area contributed by atoms with Gasteiger partial charge in [0.15, 0.2) is 0 Å². The zero-order valence-corrected chi connectivity index (χ0v) is 13.3. The summed E-state index contributed by atoms with van der Waals surface area (Å²) in [6.45, 7) is 5.60. The van der Waals surface area contributed by atoms with Crippen molar-refractivity contribution in [3.63, 3.8) is 0 Å². The van der Waals surface area contributed by atoms with E-state index in [0.29, 0.717) is 12.0 Å². The van der Waals surface area contributed by atoms with Crippen LogP contribution in [0.3, 0.4) is 0 Å². The molecule has 0 saturated heterocycles. The van der Waals surface area contributed by atoms with Crippen molar-refractivity contribution in [1.82, 2.24) is 0 Å². The minimum atomic E-state index is 0.384. The van der Waals surface area contributed by atoms with Crippen molar-refractivity contribution < 1.29 is 0 Å². The molecule has 1 aliphatic rings. The highest BCUT2D eigenvalue weighted by Crippen LogP contribution is 2.31. The summed E-state index contributed by atoms with van der Waals surface area (Å²) in [5.41, 5.74) is 9.06. The number of hydrogen-bond donors (Lipinski definition) is 1. The maximum atomic E-state index is 6.34. The van der Waals surface area contributed by atoms with Crippen LogP contribution < -0.4 is 10.6 Å². The molecule has 0 radical (unpaired) electrons. The number of benzene rings is 1. The largest absolute Gasteiger partial charge is 0.374 e. The van der Waals surface area contributed by atoms with Crippen LogP contribution in [-0.4, -0.2) is 19.6 Å². The summed E-state index contributed by atoms with van der Waals surface area (Å²) in [6.07, 6.45) is 6.23. The lowest BCUT2D eigenvalue weighted by Crippen LogP contribution is -2.42. The summed E-state index contributed by atoms with van der Waals surface area (Å²) >= 11 is 0. The molecule has 0 aliphatic heterocycles. The van der Waals surface area contributed by atoms with Crippen LogP contribution >= 0.6 is 0 Å². The van der Waals surface area contributed by atoms with Crippen molar-refractivity contribution in [3.8, 4) is 0 Å². The van der Waals surface area contributed by atoms with E-state index < -0.39 is 0 Å². The Bertz CT molecular complexity index is 398. The zero-order chi connectivity index (χ0) is 14.5. The third kappa shape index (κ3) is 3.76. The monoisotopic (exact) mass is 274 g/mol. The summed E-state index contributed by atoms with van der Waals surface area (Å²) in [7, 11) is 2.20. The molecule has 2 rings (SSSR count). The van der Waals surface area contributed by atoms with E-state index in [2.05, 4.69) is 50.1 Å². The topological polar surface area (TPSA) is 29.3 Å². The molecule has 1 saturated carbocycles. The van der Waals surface area contributed by atoms with Crippen LogP contribution in [0.4, 0.5) is 5.69 Å². The van der Waals surface area contributed by atoms with Crippen molar-refractivity contribution in [3.05, 3.63) is 29.8 Å². The molecule has 3 atom stereocenters. The van der Waals surface area contributed by atoms with Crippen LogP contribution in [-0.2, 0) is 6.42 Å². The average molecular weight is 274 g/mol. The lowest BCUT2D eigenvalue weighted by atomic mass is 9.77. The van der Waals surface area contributed by atoms with E-state index in [0.717, 1.165) is 18.9 Å². The number of nitrogens with two attached hydrogens (primary N) is 1. The second-order valence-electron chi connectivity index (χ2n) is 6.41. The molecule has 0 heterocycles. The minimum absolute atomic E-state index is 0.384. The van der Waals surface area contributed by atoms with Gasteiger partial charge in [0.05, 0.1) is 0 Å². The number of hydrogen-bond acceptors (Lipinski definition) is 2. The molecule has 0 spiro atoms. The summed E-state index contributed by atoms with van der Waals surface area (Å²) in [5, 5.41) is 0. The van der Waals surface area contributed by atoms with E-state index in [1.165, 1.54) is 36.9 Å². The van der Waals surface area contributed by atoms with Gasteiger partial charge in [-0.15, -0.1) is 0 Å². The molecule has 2 nitrogen and oxygen atoms in total. The van der Waals surface area contributed by atoms with Gasteiger partial charge in [0, 0.05) is 25.3 Å². The van der Waals surface area contributed by atoms with Crippen LogP contribution in [0, 0.1) is 11.8 Å². The number of nitrogens with zero attached hydrogens (tertiary/aromatic N) is 1. The van der Waals surface area contributed by atoms with Crippen LogP contribution in [0.5, 0.6) is 0 Å². The van der Waals surface area contributed by atoms with Crippen molar-refractivity contribution in [2.24, 2.45) is 17.6 Å². The fourth-order valence-corrected chi connectivity index (χ4v) is 3.41. The van der Waals surface area contributed by atoms with E-state index in [1.54, 1.807) is 0 Å². The van der Waals surface area contributed by atoms with Gasteiger partial charge in [-0.2, -0.15) is 0 Å². The van der Waals surface area contributed by atoms with Crippen LogP contribution in [0.25, 0.3) is 0 Å². The SMILES string of the molecule is CCc1ccc(N(C)CC2CC(CC)CCC2N)cc1. The van der Waals surface area contributed by atoms with Crippen molar-refractivity contribution in [2.75, 3.05) is 18.5 Å². The summed E-state index contributed by atoms with van der Waals surface area (Å²) < 4.78 is 0. The second kappa shape index (κ2) is 7.12. The molecular weight excluding hydrogens is 244 g/mol. The molecule has 2 N–H and O–H groups in total. The third-order valence-corrected chi connectivity index (χ3v) is 5.02. The van der Waals surface area contributed by atoms with E-state index in [1.807, 2.05) is 0 Å². The molecule has 0 aromatic heterocycles. The quantitative estimate of drug-likeness (QED) is 0.884. The lowest BCUT2D eigenvalue weighted by Gasteiger charge is -2.36. The first-order valence-corrected chi connectivity index (χ1v) is 8.19. The maximum Gasteiger partial charge on any atom is 0.0363 e. The zero-order valence-electron chi connectivity index (χ0n) is 13.3. The molecule has 0 bridgehead atoms. The Hall–Kier alpha value is -1.02. The molecule has 20 heavy (non-hydrogen) atoms. The van der Waals surface area contributed by atoms with Crippen LogP contribution in [0.1, 0.15) is 45.1 Å². The van der Waals surface area contributed by atoms with Gasteiger partial charge in [-0.3, -0.25) is 0 Å². The molecule has 0 amide bonds. The van der Waals surface area contributed by atoms with E-state index >= 15 is 0 Å². The highest BCUT2D eigenvalue weighted by molar-refractivity contribution is 5.47. The van der Waals surface area contributed by atoms with Gasteiger partial charge in [0.1, 0.15) is 0 Å². The van der Waals surface area contributed by atoms with Crippen LogP contribution in [0.15, 0.2) is 24.3 Å². The summed E-state index contributed by atoms with van der Waals surface area (Å²) in [5.74, 6) is 1.53. The second-order valence-corrected chi connectivity index (χ2v) is 6.41. The van der Waals surface area contributed by atoms with Crippen LogP contribution in [0.2, 0.25) is 0 Å². The van der Waals surface area contributed by atoms with Gasteiger partial charge in [-0.05, 0) is 55.2 Å². The van der Waals surface area contributed by atoms with Gasteiger partial charge in [-0.1, -0.05) is 32.4 Å². The maximum absolute atomic E-state index is 6.34. The summed E-state index contributed by atoms with van der Waals surface area (Å²) in [4.78, 5) is 2.38. The normalized spacial score (nSPS) is 26.5. The standard InChI is InChI=1S/C18H30N2/c1-4-14-6-9-17(10-7-14)20(3)13-16-12-15(5-2)8-11-18(16)19/h6-7,9-10,15-16,18H,4-5,8,11-13,19H2,1-3H3. The fourth-order valence-electron chi connectivity index (χ4n) is 3.41. The van der Waals surface area contributed by atoms with Gasteiger partial charge in [-0.25, -0.2) is 0 Å². The van der Waals surface area contributed by atoms with Gasteiger partial charge in [0.25, 0.3) is 0 Å². The van der Waals surface area contributed by atoms with E-state index in [4.69, 9.17) is 5.73 Å². The first-order chi connectivity index (χ1) is 9.63. The van der Waals surface area contributed by atoms with Gasteiger partial charge in [0.2, 0.25) is 0 Å². The molecule has 1 aromatic carbocycles. The Morgan fingerprint density at radius 3 is 2.45 bits per heavy atom. The van der Waals surface area contributed by atoms with Crippen molar-refractivity contribution >= 4 is 5.69 Å². The average Bonchev–Trinajstić information content (AvgIpc) is 2.49. The van der Waals surface area contributed by atoms with Crippen molar-refractivity contribution in [2.45, 2.75) is 52.0 Å². The molecule has 3 unspecified atom stereocenters. The van der Waals surface area contributed by atoms with Gasteiger partial charge < -0.3 is 10.6 Å². The Morgan fingerprint density at radius 1 is 1.15 bits per heavy atom. The molecular formula is C18H30N2. The molecule has 2 heteroatoms.